The topological polar surface area (TPSA) is 32.8 Å². The molecule has 1 saturated heterocycles. The molecule has 2 aliphatic rings. The van der Waals surface area contributed by atoms with Gasteiger partial charge in [0, 0.05) is 32.2 Å². The van der Waals surface area contributed by atoms with Crippen molar-refractivity contribution in [3.63, 3.8) is 0 Å². The van der Waals surface area contributed by atoms with Crippen molar-refractivity contribution in [2.24, 2.45) is 0 Å². The van der Waals surface area contributed by atoms with Gasteiger partial charge in [-0.3, -0.25) is 9.69 Å². The Balaban J connectivity index is 1.25. The molecule has 2 aliphatic heterocycles. The van der Waals surface area contributed by atoms with Crippen LogP contribution in [0.5, 0.6) is 5.75 Å². The quantitative estimate of drug-likeness (QED) is 0.860. The standard InChI is InChI=1S/C21H24N2O2/c1-16-5-4-8-20(11-16)25-15-21(24)23-13-19(14-23)22-10-9-17-6-2-3-7-18(17)12-22/h2-8,11,19H,9-10,12-15H2,1H3. The number of likely N-dealkylation sites (tertiary alicyclic amines) is 1. The Morgan fingerprint density at radius 2 is 1.92 bits per heavy atom. The zero-order valence-corrected chi connectivity index (χ0v) is 14.6. The minimum atomic E-state index is 0.0789. The maximum atomic E-state index is 12.3. The first-order chi connectivity index (χ1) is 12.2. The van der Waals surface area contributed by atoms with Crippen molar-refractivity contribution in [1.29, 1.82) is 0 Å². The van der Waals surface area contributed by atoms with E-state index in [4.69, 9.17) is 4.74 Å². The fourth-order valence-corrected chi connectivity index (χ4v) is 3.66. The molecule has 1 amide bonds. The number of aryl methyl sites for hydroxylation is 1. The smallest absolute Gasteiger partial charge is 0.260 e. The van der Waals surface area contributed by atoms with Gasteiger partial charge in [0.1, 0.15) is 5.75 Å². The summed E-state index contributed by atoms with van der Waals surface area (Å²) in [6, 6.07) is 17.0. The Kier molecular flexibility index (Phi) is 4.45. The summed E-state index contributed by atoms with van der Waals surface area (Å²) in [5.41, 5.74) is 4.04. The van der Waals surface area contributed by atoms with Crippen LogP contribution in [0.1, 0.15) is 16.7 Å². The first kappa shape index (κ1) is 16.2. The number of hydrogen-bond donors (Lipinski definition) is 0. The minimum absolute atomic E-state index is 0.0789. The molecule has 0 aromatic heterocycles. The van der Waals surface area contributed by atoms with E-state index >= 15 is 0 Å². The number of ether oxygens (including phenoxy) is 1. The van der Waals surface area contributed by atoms with Crippen LogP contribution in [0.25, 0.3) is 0 Å². The Hall–Kier alpha value is -2.33. The van der Waals surface area contributed by atoms with Gasteiger partial charge in [-0.05, 0) is 42.2 Å². The van der Waals surface area contributed by atoms with E-state index in [1.165, 1.54) is 11.1 Å². The molecule has 130 valence electrons. The van der Waals surface area contributed by atoms with Crippen molar-refractivity contribution in [2.45, 2.75) is 25.9 Å². The van der Waals surface area contributed by atoms with E-state index in [0.717, 1.165) is 43.9 Å². The molecule has 2 heterocycles. The molecule has 0 atom stereocenters. The largest absolute Gasteiger partial charge is 0.484 e. The van der Waals surface area contributed by atoms with Crippen LogP contribution in [0.4, 0.5) is 0 Å². The van der Waals surface area contributed by atoms with Crippen molar-refractivity contribution >= 4 is 5.91 Å². The second-order valence-electron chi connectivity index (χ2n) is 7.05. The van der Waals surface area contributed by atoms with E-state index in [1.807, 2.05) is 36.1 Å². The van der Waals surface area contributed by atoms with Gasteiger partial charge in [-0.2, -0.15) is 0 Å². The van der Waals surface area contributed by atoms with Crippen LogP contribution in [0.3, 0.4) is 0 Å². The fourth-order valence-electron chi connectivity index (χ4n) is 3.66. The van der Waals surface area contributed by atoms with E-state index in [9.17, 15) is 4.79 Å². The highest BCUT2D eigenvalue weighted by molar-refractivity contribution is 5.78. The average molecular weight is 336 g/mol. The van der Waals surface area contributed by atoms with Gasteiger partial charge in [0.2, 0.25) is 0 Å². The molecule has 2 aromatic rings. The van der Waals surface area contributed by atoms with Crippen molar-refractivity contribution in [3.05, 3.63) is 65.2 Å². The van der Waals surface area contributed by atoms with Gasteiger partial charge in [-0.25, -0.2) is 0 Å². The predicted octanol–water partition coefficient (Wildman–Crippen LogP) is 2.64. The highest BCUT2D eigenvalue weighted by Crippen LogP contribution is 2.24. The first-order valence-corrected chi connectivity index (χ1v) is 8.97. The molecular weight excluding hydrogens is 312 g/mol. The van der Waals surface area contributed by atoms with E-state index in [1.54, 1.807) is 0 Å². The van der Waals surface area contributed by atoms with Gasteiger partial charge in [0.05, 0.1) is 0 Å². The van der Waals surface area contributed by atoms with Crippen LogP contribution in [0.15, 0.2) is 48.5 Å². The van der Waals surface area contributed by atoms with Gasteiger partial charge in [0.25, 0.3) is 5.91 Å². The number of amides is 1. The van der Waals surface area contributed by atoms with Crippen molar-refractivity contribution < 1.29 is 9.53 Å². The molecule has 4 rings (SSSR count). The highest BCUT2D eigenvalue weighted by Gasteiger charge is 2.35. The van der Waals surface area contributed by atoms with Gasteiger partial charge >= 0.3 is 0 Å². The second kappa shape index (κ2) is 6.89. The third-order valence-corrected chi connectivity index (χ3v) is 5.24. The zero-order valence-electron chi connectivity index (χ0n) is 14.6. The third kappa shape index (κ3) is 3.54. The fraction of sp³-hybridized carbons (Fsp3) is 0.381. The number of fused-ring (bicyclic) bond motifs is 1. The lowest BCUT2D eigenvalue weighted by molar-refractivity contribution is -0.141. The average Bonchev–Trinajstić information content (AvgIpc) is 2.59. The van der Waals surface area contributed by atoms with Crippen molar-refractivity contribution in [2.75, 3.05) is 26.2 Å². The van der Waals surface area contributed by atoms with E-state index in [-0.39, 0.29) is 12.5 Å². The molecule has 0 radical (unpaired) electrons. The summed E-state index contributed by atoms with van der Waals surface area (Å²) < 4.78 is 5.63. The van der Waals surface area contributed by atoms with Crippen LogP contribution < -0.4 is 4.74 Å². The molecule has 4 nitrogen and oxygen atoms in total. The summed E-state index contributed by atoms with van der Waals surface area (Å²) in [5.74, 6) is 0.841. The molecule has 2 aromatic carbocycles. The Morgan fingerprint density at radius 1 is 1.12 bits per heavy atom. The van der Waals surface area contributed by atoms with Crippen LogP contribution in [-0.2, 0) is 17.8 Å². The van der Waals surface area contributed by atoms with Gasteiger partial charge in [-0.1, -0.05) is 36.4 Å². The summed E-state index contributed by atoms with van der Waals surface area (Å²) in [5, 5.41) is 0. The molecule has 0 spiro atoms. The lowest BCUT2D eigenvalue weighted by Gasteiger charge is -2.46. The van der Waals surface area contributed by atoms with Gasteiger partial charge in [-0.15, -0.1) is 0 Å². The molecular formula is C21H24N2O2. The number of rotatable bonds is 4. The second-order valence-corrected chi connectivity index (χ2v) is 7.05. The lowest BCUT2D eigenvalue weighted by atomic mass is 9.96. The lowest BCUT2D eigenvalue weighted by Crippen LogP contribution is -2.62. The maximum Gasteiger partial charge on any atom is 0.260 e. The van der Waals surface area contributed by atoms with Crippen LogP contribution in [0.2, 0.25) is 0 Å². The highest BCUT2D eigenvalue weighted by atomic mass is 16.5. The van der Waals surface area contributed by atoms with Crippen molar-refractivity contribution in [1.82, 2.24) is 9.80 Å². The SMILES string of the molecule is Cc1cccc(OCC(=O)N2CC(N3CCc4ccccc4C3)C2)c1. The van der Waals surface area contributed by atoms with Gasteiger partial charge in [0.15, 0.2) is 6.61 Å². The summed E-state index contributed by atoms with van der Waals surface area (Å²) in [6.07, 6.45) is 1.11. The molecule has 0 aliphatic carbocycles. The number of nitrogens with zero attached hydrogens (tertiary/aromatic N) is 2. The Labute approximate surface area is 149 Å². The number of benzene rings is 2. The van der Waals surface area contributed by atoms with E-state index in [2.05, 4.69) is 29.2 Å². The summed E-state index contributed by atoms with van der Waals surface area (Å²) >= 11 is 0. The van der Waals surface area contributed by atoms with Crippen molar-refractivity contribution in [3.8, 4) is 5.75 Å². The van der Waals surface area contributed by atoms with Crippen LogP contribution in [0, 0.1) is 6.92 Å². The molecule has 0 N–H and O–H groups in total. The summed E-state index contributed by atoms with van der Waals surface area (Å²) in [6.45, 7) is 5.87. The third-order valence-electron chi connectivity index (χ3n) is 5.24. The summed E-state index contributed by atoms with van der Waals surface area (Å²) in [4.78, 5) is 16.7. The van der Waals surface area contributed by atoms with Crippen LogP contribution in [-0.4, -0.2) is 48.0 Å². The molecule has 0 unspecified atom stereocenters. The Morgan fingerprint density at radius 3 is 2.72 bits per heavy atom. The predicted molar refractivity (Wildman–Crippen MR) is 97.6 cm³/mol. The number of carbonyl (C=O) groups is 1. The molecule has 0 bridgehead atoms. The van der Waals surface area contributed by atoms with Crippen LogP contribution >= 0.6 is 0 Å². The Bertz CT molecular complexity index is 768. The summed E-state index contributed by atoms with van der Waals surface area (Å²) in [7, 11) is 0. The molecule has 25 heavy (non-hydrogen) atoms. The maximum absolute atomic E-state index is 12.3. The monoisotopic (exact) mass is 336 g/mol. The molecule has 4 heteroatoms. The number of carbonyl (C=O) groups excluding carboxylic acids is 1. The van der Waals surface area contributed by atoms with E-state index in [0.29, 0.717) is 6.04 Å². The molecule has 0 saturated carbocycles. The first-order valence-electron chi connectivity index (χ1n) is 8.97. The number of hydrogen-bond acceptors (Lipinski definition) is 3. The van der Waals surface area contributed by atoms with E-state index < -0.39 is 0 Å². The minimum Gasteiger partial charge on any atom is -0.484 e. The normalized spacial score (nSPS) is 17.7. The molecule has 1 fully saturated rings. The van der Waals surface area contributed by atoms with Gasteiger partial charge < -0.3 is 9.64 Å². The zero-order chi connectivity index (χ0) is 17.2.